The van der Waals surface area contributed by atoms with Gasteiger partial charge in [-0.05, 0) is 42.1 Å². The highest BCUT2D eigenvalue weighted by Gasteiger charge is 2.26. The van der Waals surface area contributed by atoms with E-state index in [1.54, 1.807) is 36.6 Å². The molecular weight excluding hydrogens is 464 g/mol. The maximum atomic E-state index is 13.4. The number of aromatic nitrogens is 3. The van der Waals surface area contributed by atoms with Crippen molar-refractivity contribution in [3.63, 3.8) is 0 Å². The standard InChI is InChI=1S/C23H21ClN4O2S2/c1-3-28-21(19-10-7-13-31-19)26-27-23(28)32-20(15-8-5-4-6-9-15)22(29)25-16-11-12-18(30-2)17(24)14-16/h4-14,20H,3H2,1-2H3,(H,25,29). The van der Waals surface area contributed by atoms with E-state index < -0.39 is 5.25 Å². The van der Waals surface area contributed by atoms with Crippen molar-refractivity contribution in [1.29, 1.82) is 0 Å². The van der Waals surface area contributed by atoms with Gasteiger partial charge < -0.3 is 14.6 Å². The first-order valence-electron chi connectivity index (χ1n) is 9.93. The number of methoxy groups -OCH3 is 1. The molecule has 1 unspecified atom stereocenters. The van der Waals surface area contributed by atoms with Crippen LogP contribution in [0.25, 0.3) is 10.7 Å². The summed E-state index contributed by atoms with van der Waals surface area (Å²) in [6, 6.07) is 18.8. The molecule has 1 N–H and O–H groups in total. The maximum absolute atomic E-state index is 13.4. The predicted octanol–water partition coefficient (Wildman–Crippen LogP) is 6.16. The highest BCUT2D eigenvalue weighted by atomic mass is 35.5. The van der Waals surface area contributed by atoms with E-state index in [9.17, 15) is 4.79 Å². The number of nitrogens with one attached hydrogen (secondary N) is 1. The Hall–Kier alpha value is -2.81. The Morgan fingerprint density at radius 2 is 2.00 bits per heavy atom. The van der Waals surface area contributed by atoms with Gasteiger partial charge in [0.1, 0.15) is 11.0 Å². The molecule has 2 aromatic carbocycles. The maximum Gasteiger partial charge on any atom is 0.242 e. The van der Waals surface area contributed by atoms with Crippen LogP contribution >= 0.6 is 34.7 Å². The number of ether oxygens (including phenoxy) is 1. The Bertz CT molecular complexity index is 1200. The molecule has 0 aliphatic heterocycles. The van der Waals surface area contributed by atoms with Crippen LogP contribution in [0.2, 0.25) is 5.02 Å². The Kier molecular flexibility index (Phi) is 7.14. The molecule has 0 bridgehead atoms. The highest BCUT2D eigenvalue weighted by Crippen LogP contribution is 2.38. The Labute approximate surface area is 199 Å². The van der Waals surface area contributed by atoms with Crippen LogP contribution in [0.1, 0.15) is 17.7 Å². The van der Waals surface area contributed by atoms with E-state index in [4.69, 9.17) is 16.3 Å². The number of hydrogen-bond acceptors (Lipinski definition) is 6. The van der Waals surface area contributed by atoms with Gasteiger partial charge in [0, 0.05) is 12.2 Å². The van der Waals surface area contributed by atoms with Crippen LogP contribution in [0.15, 0.2) is 71.2 Å². The van der Waals surface area contributed by atoms with Crippen LogP contribution in [-0.4, -0.2) is 27.8 Å². The van der Waals surface area contributed by atoms with E-state index in [-0.39, 0.29) is 5.91 Å². The summed E-state index contributed by atoms with van der Waals surface area (Å²) in [6.07, 6.45) is 0. The number of halogens is 1. The molecule has 4 aromatic rings. The number of anilines is 1. The monoisotopic (exact) mass is 484 g/mol. The first-order valence-corrected chi connectivity index (χ1v) is 12.1. The third-order valence-electron chi connectivity index (χ3n) is 4.76. The number of nitrogens with zero attached hydrogens (tertiary/aromatic N) is 3. The van der Waals surface area contributed by atoms with Gasteiger partial charge in [-0.2, -0.15) is 0 Å². The van der Waals surface area contributed by atoms with E-state index in [1.807, 2.05) is 59.3 Å². The second-order valence-electron chi connectivity index (χ2n) is 6.77. The van der Waals surface area contributed by atoms with Gasteiger partial charge >= 0.3 is 0 Å². The highest BCUT2D eigenvalue weighted by molar-refractivity contribution is 8.00. The number of thiophene rings is 1. The fraction of sp³-hybridized carbons (Fsp3) is 0.174. The van der Waals surface area contributed by atoms with Crippen molar-refractivity contribution in [3.05, 3.63) is 76.6 Å². The summed E-state index contributed by atoms with van der Waals surface area (Å²) in [4.78, 5) is 14.4. The first kappa shape index (κ1) is 22.4. The molecule has 0 fully saturated rings. The van der Waals surface area contributed by atoms with Crippen molar-refractivity contribution >= 4 is 46.3 Å². The molecule has 2 heterocycles. The van der Waals surface area contributed by atoms with Gasteiger partial charge in [-0.3, -0.25) is 4.79 Å². The minimum Gasteiger partial charge on any atom is -0.495 e. The summed E-state index contributed by atoms with van der Waals surface area (Å²) in [5.41, 5.74) is 1.47. The number of amides is 1. The fourth-order valence-electron chi connectivity index (χ4n) is 3.21. The molecule has 0 saturated carbocycles. The normalized spacial score (nSPS) is 11.8. The molecule has 0 saturated heterocycles. The molecule has 32 heavy (non-hydrogen) atoms. The van der Waals surface area contributed by atoms with Crippen molar-refractivity contribution in [2.75, 3.05) is 12.4 Å². The van der Waals surface area contributed by atoms with Gasteiger partial charge in [0.2, 0.25) is 5.91 Å². The lowest BCUT2D eigenvalue weighted by atomic mass is 10.1. The first-order chi connectivity index (χ1) is 15.6. The van der Waals surface area contributed by atoms with Crippen molar-refractivity contribution in [2.45, 2.75) is 23.9 Å². The molecular formula is C23H21ClN4O2S2. The summed E-state index contributed by atoms with van der Waals surface area (Å²) in [5, 5.41) is 14.4. The van der Waals surface area contributed by atoms with Gasteiger partial charge in [0.25, 0.3) is 0 Å². The molecule has 0 aliphatic rings. The van der Waals surface area contributed by atoms with Crippen LogP contribution < -0.4 is 10.1 Å². The summed E-state index contributed by atoms with van der Waals surface area (Å²) < 4.78 is 7.23. The van der Waals surface area contributed by atoms with Crippen molar-refractivity contribution in [2.24, 2.45) is 0 Å². The summed E-state index contributed by atoms with van der Waals surface area (Å²) in [7, 11) is 1.55. The largest absolute Gasteiger partial charge is 0.495 e. The molecule has 0 radical (unpaired) electrons. The predicted molar refractivity (Wildman–Crippen MR) is 131 cm³/mol. The molecule has 0 spiro atoms. The smallest absolute Gasteiger partial charge is 0.242 e. The SMILES string of the molecule is CCn1c(SC(C(=O)Nc2ccc(OC)c(Cl)c2)c2ccccc2)nnc1-c1cccs1. The van der Waals surface area contributed by atoms with Crippen LogP contribution in [0.3, 0.4) is 0 Å². The second-order valence-corrected chi connectivity index (χ2v) is 9.20. The molecule has 6 nitrogen and oxygen atoms in total. The zero-order valence-electron chi connectivity index (χ0n) is 17.5. The third-order valence-corrected chi connectivity index (χ3v) is 7.15. The van der Waals surface area contributed by atoms with Crippen molar-refractivity contribution in [3.8, 4) is 16.5 Å². The minimum atomic E-state index is -0.525. The van der Waals surface area contributed by atoms with Crippen LogP contribution in [-0.2, 0) is 11.3 Å². The lowest BCUT2D eigenvalue weighted by Crippen LogP contribution is -2.19. The van der Waals surface area contributed by atoms with Gasteiger partial charge in [-0.25, -0.2) is 0 Å². The van der Waals surface area contributed by atoms with Crippen molar-refractivity contribution in [1.82, 2.24) is 14.8 Å². The molecule has 164 valence electrons. The fourth-order valence-corrected chi connectivity index (χ4v) is 5.28. The van der Waals surface area contributed by atoms with Crippen LogP contribution in [0.5, 0.6) is 5.75 Å². The Morgan fingerprint density at radius 3 is 2.66 bits per heavy atom. The quantitative estimate of drug-likeness (QED) is 0.303. The van der Waals surface area contributed by atoms with E-state index in [2.05, 4.69) is 15.5 Å². The average molecular weight is 485 g/mol. The number of benzene rings is 2. The van der Waals surface area contributed by atoms with Gasteiger partial charge in [-0.15, -0.1) is 21.5 Å². The van der Waals surface area contributed by atoms with Gasteiger partial charge in [0.15, 0.2) is 11.0 Å². The van der Waals surface area contributed by atoms with E-state index in [0.717, 1.165) is 16.3 Å². The molecule has 1 atom stereocenters. The van der Waals surface area contributed by atoms with E-state index in [1.165, 1.54) is 11.8 Å². The summed E-state index contributed by atoms with van der Waals surface area (Å²) >= 11 is 9.21. The van der Waals surface area contributed by atoms with E-state index in [0.29, 0.717) is 28.2 Å². The number of thioether (sulfide) groups is 1. The molecule has 9 heteroatoms. The number of rotatable bonds is 8. The molecule has 2 aromatic heterocycles. The van der Waals surface area contributed by atoms with Gasteiger partial charge in [-0.1, -0.05) is 59.8 Å². The number of carbonyl (C=O) groups is 1. The van der Waals surface area contributed by atoms with E-state index >= 15 is 0 Å². The molecule has 4 rings (SSSR count). The van der Waals surface area contributed by atoms with Crippen molar-refractivity contribution < 1.29 is 9.53 Å². The number of hydrogen-bond donors (Lipinski definition) is 1. The second kappa shape index (κ2) is 10.2. The average Bonchev–Trinajstić information content (AvgIpc) is 3.47. The van der Waals surface area contributed by atoms with Crippen LogP contribution in [0, 0.1) is 0 Å². The zero-order valence-corrected chi connectivity index (χ0v) is 19.9. The summed E-state index contributed by atoms with van der Waals surface area (Å²) in [5.74, 6) is 1.18. The minimum absolute atomic E-state index is 0.175. The Balaban J connectivity index is 1.64. The Morgan fingerprint density at radius 1 is 1.19 bits per heavy atom. The number of carbonyl (C=O) groups excluding carboxylic acids is 1. The zero-order chi connectivity index (χ0) is 22.5. The molecule has 0 aliphatic carbocycles. The lowest BCUT2D eigenvalue weighted by molar-refractivity contribution is -0.115. The summed E-state index contributed by atoms with van der Waals surface area (Å²) in [6.45, 7) is 2.74. The lowest BCUT2D eigenvalue weighted by Gasteiger charge is -2.17. The third kappa shape index (κ3) is 4.82. The topological polar surface area (TPSA) is 69.0 Å². The van der Waals surface area contributed by atoms with Gasteiger partial charge in [0.05, 0.1) is 17.0 Å². The molecule has 1 amide bonds. The van der Waals surface area contributed by atoms with Crippen LogP contribution in [0.4, 0.5) is 5.69 Å².